The van der Waals surface area contributed by atoms with E-state index < -0.39 is 11.0 Å². The lowest BCUT2D eigenvalue weighted by Gasteiger charge is -2.23. The topological polar surface area (TPSA) is 84.3 Å². The van der Waals surface area contributed by atoms with E-state index in [-0.39, 0.29) is 22.7 Å². The number of anilines is 1. The van der Waals surface area contributed by atoms with Crippen molar-refractivity contribution >= 4 is 40.2 Å². The highest BCUT2D eigenvalue weighted by Gasteiger charge is 2.24. The molecular formula is C20H18ClN3O3S. The molecule has 0 aliphatic carbocycles. The molecule has 0 aliphatic rings. The van der Waals surface area contributed by atoms with Gasteiger partial charge in [-0.15, -0.1) is 11.3 Å². The molecule has 1 aromatic heterocycles. The van der Waals surface area contributed by atoms with Crippen molar-refractivity contribution in [1.82, 2.24) is 5.32 Å². The summed E-state index contributed by atoms with van der Waals surface area (Å²) in [5, 5.41) is 19.2. The lowest BCUT2D eigenvalue weighted by atomic mass is 10.0. The van der Waals surface area contributed by atoms with Crippen LogP contribution in [0.1, 0.15) is 29.4 Å². The van der Waals surface area contributed by atoms with Crippen molar-refractivity contribution in [2.45, 2.75) is 19.0 Å². The second-order valence-corrected chi connectivity index (χ2v) is 7.55. The Morgan fingerprint density at radius 2 is 1.89 bits per heavy atom. The molecule has 0 aliphatic heterocycles. The van der Waals surface area contributed by atoms with Crippen molar-refractivity contribution in [3.05, 3.63) is 91.6 Å². The monoisotopic (exact) mass is 415 g/mol. The van der Waals surface area contributed by atoms with Crippen molar-refractivity contribution in [2.24, 2.45) is 0 Å². The van der Waals surface area contributed by atoms with E-state index in [4.69, 9.17) is 11.6 Å². The molecule has 2 unspecified atom stereocenters. The molecule has 2 atom stereocenters. The van der Waals surface area contributed by atoms with Crippen LogP contribution >= 0.6 is 22.9 Å². The van der Waals surface area contributed by atoms with E-state index >= 15 is 0 Å². The first-order valence-electron chi connectivity index (χ1n) is 8.55. The predicted molar refractivity (Wildman–Crippen MR) is 112 cm³/mol. The van der Waals surface area contributed by atoms with Crippen molar-refractivity contribution in [1.29, 1.82) is 0 Å². The molecule has 3 rings (SSSR count). The molecule has 144 valence electrons. The van der Waals surface area contributed by atoms with Crippen molar-refractivity contribution in [2.75, 3.05) is 5.32 Å². The third kappa shape index (κ3) is 4.75. The number of rotatable bonds is 7. The summed E-state index contributed by atoms with van der Waals surface area (Å²) in [7, 11) is 0. The first-order chi connectivity index (χ1) is 13.5. The van der Waals surface area contributed by atoms with Gasteiger partial charge in [0.15, 0.2) is 0 Å². The fraction of sp³-hybridized carbons (Fsp3) is 0.150. The van der Waals surface area contributed by atoms with Gasteiger partial charge in [0, 0.05) is 22.7 Å². The number of carbonyl (C=O) groups excluding carboxylic acids is 1. The molecule has 6 nitrogen and oxygen atoms in total. The molecule has 1 heterocycles. The molecule has 1 amide bonds. The molecule has 0 fully saturated rings. The van der Waals surface area contributed by atoms with Crippen LogP contribution in [0.25, 0.3) is 0 Å². The molecule has 28 heavy (non-hydrogen) atoms. The number of amides is 1. The standard InChI is InChI=1S/C20H18ClN3O3S/c1-13(18-8-5-11-28-18)22-19(14-6-3-2-4-7-14)20(25)23-15-9-10-16(21)17(12-15)24(26)27/h2-13,19,22H,1H3,(H,23,25). The van der Waals surface area contributed by atoms with Gasteiger partial charge in [0.25, 0.3) is 5.69 Å². The SMILES string of the molecule is CC(NC(C(=O)Nc1ccc(Cl)c([N+](=O)[O-])c1)c1ccccc1)c1cccs1. The molecule has 2 N–H and O–H groups in total. The first-order valence-corrected chi connectivity index (χ1v) is 9.80. The number of nitro benzene ring substituents is 1. The first kappa shape index (κ1) is 20.0. The van der Waals surface area contributed by atoms with Crippen LogP contribution in [0.4, 0.5) is 11.4 Å². The van der Waals surface area contributed by atoms with E-state index in [1.807, 2.05) is 54.8 Å². The molecule has 0 saturated heterocycles. The zero-order valence-electron chi connectivity index (χ0n) is 15.0. The van der Waals surface area contributed by atoms with E-state index in [0.29, 0.717) is 5.69 Å². The van der Waals surface area contributed by atoms with Gasteiger partial charge < -0.3 is 5.32 Å². The molecule has 8 heteroatoms. The predicted octanol–water partition coefficient (Wildman–Crippen LogP) is 5.34. The van der Waals surface area contributed by atoms with Crippen LogP contribution in [0.2, 0.25) is 5.02 Å². The summed E-state index contributed by atoms with van der Waals surface area (Å²) in [6.07, 6.45) is 0. The van der Waals surface area contributed by atoms with E-state index in [1.165, 1.54) is 18.2 Å². The average Bonchev–Trinajstić information content (AvgIpc) is 3.22. The van der Waals surface area contributed by atoms with E-state index in [9.17, 15) is 14.9 Å². The zero-order chi connectivity index (χ0) is 20.1. The summed E-state index contributed by atoms with van der Waals surface area (Å²) in [6, 6.07) is 16.8. The van der Waals surface area contributed by atoms with Gasteiger partial charge in [0.1, 0.15) is 11.1 Å². The van der Waals surface area contributed by atoms with Gasteiger partial charge in [0.2, 0.25) is 5.91 Å². The minimum atomic E-state index is -0.631. The van der Waals surface area contributed by atoms with E-state index in [1.54, 1.807) is 11.3 Å². The molecule has 0 radical (unpaired) electrons. The lowest BCUT2D eigenvalue weighted by molar-refractivity contribution is -0.384. The number of halogens is 1. The van der Waals surface area contributed by atoms with Crippen molar-refractivity contribution in [3.8, 4) is 0 Å². The van der Waals surface area contributed by atoms with Gasteiger partial charge in [-0.1, -0.05) is 48.0 Å². The largest absolute Gasteiger partial charge is 0.324 e. The fourth-order valence-corrected chi connectivity index (χ4v) is 3.71. The summed E-state index contributed by atoms with van der Waals surface area (Å²) in [4.78, 5) is 24.6. The van der Waals surface area contributed by atoms with Crippen LogP contribution in [0, 0.1) is 10.1 Å². The van der Waals surface area contributed by atoms with Gasteiger partial charge in [0.05, 0.1) is 4.92 Å². The van der Waals surface area contributed by atoms with Crippen LogP contribution in [0.5, 0.6) is 0 Å². The van der Waals surface area contributed by atoms with E-state index in [0.717, 1.165) is 10.4 Å². The normalized spacial score (nSPS) is 12.9. The quantitative estimate of drug-likeness (QED) is 0.403. The summed E-state index contributed by atoms with van der Waals surface area (Å²) < 4.78 is 0. The van der Waals surface area contributed by atoms with Crippen molar-refractivity contribution in [3.63, 3.8) is 0 Å². The highest BCUT2D eigenvalue weighted by Crippen LogP contribution is 2.29. The number of benzene rings is 2. The Bertz CT molecular complexity index is 964. The fourth-order valence-electron chi connectivity index (χ4n) is 2.78. The lowest BCUT2D eigenvalue weighted by Crippen LogP contribution is -2.34. The molecule has 3 aromatic rings. The Hall–Kier alpha value is -2.74. The number of nitrogens with one attached hydrogen (secondary N) is 2. The molecule has 0 bridgehead atoms. The molecule has 0 saturated carbocycles. The minimum absolute atomic E-state index is 0.0204. The Morgan fingerprint density at radius 3 is 2.54 bits per heavy atom. The average molecular weight is 416 g/mol. The smallest absolute Gasteiger partial charge is 0.289 e. The number of nitrogens with zero attached hydrogens (tertiary/aromatic N) is 1. The van der Waals surface area contributed by atoms with Crippen LogP contribution in [0.3, 0.4) is 0 Å². The van der Waals surface area contributed by atoms with Gasteiger partial charge >= 0.3 is 0 Å². The highest BCUT2D eigenvalue weighted by molar-refractivity contribution is 7.10. The maximum Gasteiger partial charge on any atom is 0.289 e. The second kappa shape index (κ2) is 8.97. The Morgan fingerprint density at radius 1 is 1.14 bits per heavy atom. The van der Waals surface area contributed by atoms with Crippen LogP contribution in [-0.2, 0) is 4.79 Å². The zero-order valence-corrected chi connectivity index (χ0v) is 16.5. The maximum absolute atomic E-state index is 13.0. The van der Waals surface area contributed by atoms with Crippen molar-refractivity contribution < 1.29 is 9.72 Å². The highest BCUT2D eigenvalue weighted by atomic mass is 35.5. The number of nitro groups is 1. The van der Waals surface area contributed by atoms with Crippen LogP contribution < -0.4 is 10.6 Å². The molecule has 2 aromatic carbocycles. The Labute approximate surface area is 171 Å². The number of hydrogen-bond donors (Lipinski definition) is 2. The second-order valence-electron chi connectivity index (χ2n) is 6.16. The van der Waals surface area contributed by atoms with Gasteiger partial charge in [-0.05, 0) is 36.1 Å². The summed E-state index contributed by atoms with van der Waals surface area (Å²) in [6.45, 7) is 1.99. The van der Waals surface area contributed by atoms with Crippen LogP contribution in [-0.4, -0.2) is 10.8 Å². The summed E-state index contributed by atoms with van der Waals surface area (Å²) in [5.74, 6) is -0.314. The van der Waals surface area contributed by atoms with Gasteiger partial charge in [-0.2, -0.15) is 0 Å². The number of carbonyl (C=O) groups is 1. The van der Waals surface area contributed by atoms with Crippen LogP contribution in [0.15, 0.2) is 66.0 Å². The van der Waals surface area contributed by atoms with Gasteiger partial charge in [-0.25, -0.2) is 0 Å². The molecule has 0 spiro atoms. The summed E-state index contributed by atoms with van der Waals surface area (Å²) in [5.41, 5.74) is 0.857. The number of thiophene rings is 1. The minimum Gasteiger partial charge on any atom is -0.324 e. The Balaban J connectivity index is 1.84. The number of hydrogen-bond acceptors (Lipinski definition) is 5. The summed E-state index contributed by atoms with van der Waals surface area (Å²) >= 11 is 7.45. The Kier molecular flexibility index (Phi) is 6.41. The van der Waals surface area contributed by atoms with E-state index in [2.05, 4.69) is 10.6 Å². The third-order valence-electron chi connectivity index (χ3n) is 4.19. The third-order valence-corrected chi connectivity index (χ3v) is 5.57. The molecular weight excluding hydrogens is 398 g/mol. The maximum atomic E-state index is 13.0. The van der Waals surface area contributed by atoms with Gasteiger partial charge in [-0.3, -0.25) is 20.2 Å².